The molecule has 0 aliphatic heterocycles. The van der Waals surface area contributed by atoms with Gasteiger partial charge in [-0.3, -0.25) is 0 Å². The molecule has 2 fully saturated rings. The molecule has 1 N–H and O–H groups in total. The van der Waals surface area contributed by atoms with Gasteiger partial charge >= 0.3 is 64.9 Å². The van der Waals surface area contributed by atoms with E-state index in [0.29, 0.717) is 30.5 Å². The summed E-state index contributed by atoms with van der Waals surface area (Å²) in [5.74, 6) is 3.60. The summed E-state index contributed by atoms with van der Waals surface area (Å²) in [6.45, 7) is 8.61. The Balaban J connectivity index is 0.000000354. The molecule has 2 saturated carbocycles. The predicted octanol–water partition coefficient (Wildman–Crippen LogP) is 11.0. The van der Waals surface area contributed by atoms with Gasteiger partial charge in [-0.1, -0.05) is 60.7 Å². The van der Waals surface area contributed by atoms with E-state index in [1.54, 1.807) is 0 Å². The molecule has 0 radical (unpaired) electrons. The van der Waals surface area contributed by atoms with Crippen LogP contribution in [0.2, 0.25) is 0 Å². The van der Waals surface area contributed by atoms with Crippen LogP contribution in [0.4, 0.5) is 0 Å². The first-order chi connectivity index (χ1) is 20.1. The van der Waals surface area contributed by atoms with Crippen LogP contribution in [0.25, 0.3) is 0 Å². The van der Waals surface area contributed by atoms with Crippen molar-refractivity contribution >= 4 is 88.8 Å². The zero-order valence-corrected chi connectivity index (χ0v) is 35.7. The molecule has 2 aromatic rings. The zero-order valence-electron chi connectivity index (χ0n) is 25.7. The third kappa shape index (κ3) is 17.8. The number of carbonyl (C=O) groups excluding carboxylic acids is 1. The molecule has 2 aliphatic rings. The first-order valence-electron chi connectivity index (χ1n) is 14.8. The second kappa shape index (κ2) is 24.4. The SMILES string of the molecule is CI.Cc1cccc(O[C@@H]2CCC[C@H](C(C)C=O)C2)c1.Cc1cccc(O[C@@H]2CCC[C@H](C(C)CO)C2)c1.[I][V]([I])[I]. The van der Waals surface area contributed by atoms with Crippen molar-refractivity contribution in [1.82, 2.24) is 0 Å². The molecule has 2 aliphatic carbocycles. The molecule has 0 bridgehead atoms. The van der Waals surface area contributed by atoms with Crippen LogP contribution in [0.5, 0.6) is 11.5 Å². The van der Waals surface area contributed by atoms with E-state index in [1.807, 2.05) is 36.1 Å². The van der Waals surface area contributed by atoms with Gasteiger partial charge in [0, 0.05) is 12.5 Å². The number of hydrogen-bond acceptors (Lipinski definition) is 4. The predicted molar refractivity (Wildman–Crippen MR) is 209 cm³/mol. The summed E-state index contributed by atoms with van der Waals surface area (Å²) in [7, 11) is 0. The second-order valence-corrected chi connectivity index (χ2v) is 46.7. The summed E-state index contributed by atoms with van der Waals surface area (Å²) >= 11 is 9.54. The number of aliphatic hydroxyl groups is 1. The number of aldehydes is 1. The molecule has 0 heterocycles. The Kier molecular flexibility index (Phi) is 23.9. The van der Waals surface area contributed by atoms with Crippen LogP contribution in [-0.4, -0.2) is 35.1 Å². The Morgan fingerprint density at radius 3 is 1.67 bits per heavy atom. The van der Waals surface area contributed by atoms with Crippen LogP contribution in [0.1, 0.15) is 76.3 Å². The van der Waals surface area contributed by atoms with Gasteiger partial charge in [0.1, 0.15) is 17.8 Å². The van der Waals surface area contributed by atoms with E-state index < -0.39 is 0 Å². The third-order valence-corrected chi connectivity index (χ3v) is 7.97. The number of ether oxygens (including phenoxy) is 2. The van der Waals surface area contributed by atoms with E-state index in [0.717, 1.165) is 49.9 Å². The minimum atomic E-state index is -0.278. The summed E-state index contributed by atoms with van der Waals surface area (Å²) in [5.41, 5.74) is 2.46. The molecule has 0 aromatic heterocycles. The number of rotatable bonds is 8. The van der Waals surface area contributed by atoms with Gasteiger partial charge in [-0.2, -0.15) is 0 Å². The van der Waals surface area contributed by atoms with E-state index in [4.69, 9.17) is 9.47 Å². The Morgan fingerprint density at radius 1 is 0.833 bits per heavy atom. The summed E-state index contributed by atoms with van der Waals surface area (Å²) in [4.78, 5) is 12.6. The van der Waals surface area contributed by atoms with Gasteiger partial charge in [-0.15, -0.1) is 0 Å². The fourth-order valence-corrected chi connectivity index (χ4v) is 5.59. The molecule has 42 heavy (non-hydrogen) atoms. The first kappa shape index (κ1) is 41.2. The molecular weight excluding hydrogens is 1020 g/mol. The van der Waals surface area contributed by atoms with Crippen molar-refractivity contribution in [2.75, 3.05) is 11.5 Å². The average Bonchev–Trinajstić information content (AvgIpc) is 2.98. The van der Waals surface area contributed by atoms with Gasteiger partial charge in [-0.05, 0) is 123 Å². The molecule has 2 unspecified atom stereocenters. The number of halogens is 4. The number of aliphatic hydroxyl groups excluding tert-OH is 1. The van der Waals surface area contributed by atoms with Crippen LogP contribution >= 0.6 is 82.5 Å². The van der Waals surface area contributed by atoms with E-state index >= 15 is 0 Å². The van der Waals surface area contributed by atoms with Crippen molar-refractivity contribution in [2.24, 2.45) is 23.7 Å². The van der Waals surface area contributed by atoms with Gasteiger partial charge < -0.3 is 19.4 Å². The molecule has 2 aromatic carbocycles. The summed E-state index contributed by atoms with van der Waals surface area (Å²) in [6, 6.07) is 16.5. The fourth-order valence-electron chi connectivity index (χ4n) is 5.59. The molecule has 6 atom stereocenters. The Hall–Kier alpha value is 1.17. The number of carbonyl (C=O) groups is 1. The first-order valence-corrected chi connectivity index (χ1v) is 30.5. The van der Waals surface area contributed by atoms with Gasteiger partial charge in [0.2, 0.25) is 0 Å². The zero-order chi connectivity index (χ0) is 31.5. The van der Waals surface area contributed by atoms with E-state index in [2.05, 4.69) is 128 Å². The maximum absolute atomic E-state index is 10.9. The molecule has 238 valence electrons. The van der Waals surface area contributed by atoms with Gasteiger partial charge in [0.05, 0.1) is 12.2 Å². The Labute approximate surface area is 306 Å². The number of hydrogen-bond donors (Lipinski definition) is 1. The molecule has 9 heteroatoms. The molecule has 4 nitrogen and oxygen atoms in total. The summed E-state index contributed by atoms with van der Waals surface area (Å²) in [6.07, 6.45) is 10.8. The fraction of sp³-hybridized carbons (Fsp3) is 0.606. The van der Waals surface area contributed by atoms with Crippen molar-refractivity contribution in [3.05, 3.63) is 59.7 Å². The average molecular weight is 1070 g/mol. The maximum atomic E-state index is 10.9. The van der Waals surface area contributed by atoms with Crippen LogP contribution in [0, 0.1) is 37.5 Å². The Bertz CT molecular complexity index is 993. The third-order valence-electron chi connectivity index (χ3n) is 7.97. The van der Waals surface area contributed by atoms with Crippen molar-refractivity contribution in [1.29, 1.82) is 0 Å². The van der Waals surface area contributed by atoms with E-state index in [-0.39, 0.29) is 16.9 Å². The second-order valence-electron chi connectivity index (χ2n) is 11.3. The quantitative estimate of drug-likeness (QED) is 0.163. The minimum absolute atomic E-state index is 0.161. The van der Waals surface area contributed by atoms with Crippen LogP contribution in [-0.2, 0) is 9.72 Å². The number of aryl methyl sites for hydroxylation is 2. The van der Waals surface area contributed by atoms with Crippen molar-refractivity contribution in [2.45, 2.75) is 91.3 Å². The molecule has 0 spiro atoms. The summed E-state index contributed by atoms with van der Waals surface area (Å²) < 4.78 is 12.1. The monoisotopic (exact) mass is 1070 g/mol. The van der Waals surface area contributed by atoms with Crippen molar-refractivity contribution < 1.29 is 24.3 Å². The van der Waals surface area contributed by atoms with Crippen LogP contribution < -0.4 is 9.47 Å². The molecule has 0 saturated heterocycles. The van der Waals surface area contributed by atoms with Crippen LogP contribution in [0.3, 0.4) is 0 Å². The topological polar surface area (TPSA) is 55.8 Å². The van der Waals surface area contributed by atoms with Crippen LogP contribution in [0.15, 0.2) is 48.5 Å². The van der Waals surface area contributed by atoms with Gasteiger partial charge in [-0.25, -0.2) is 0 Å². The summed E-state index contributed by atoms with van der Waals surface area (Å²) in [5, 5.41) is 9.26. The van der Waals surface area contributed by atoms with Crippen molar-refractivity contribution in [3.63, 3.8) is 0 Å². The number of alkyl halides is 1. The van der Waals surface area contributed by atoms with Gasteiger partial charge in [0.15, 0.2) is 0 Å². The van der Waals surface area contributed by atoms with Crippen molar-refractivity contribution in [3.8, 4) is 11.5 Å². The van der Waals surface area contributed by atoms with E-state index in [9.17, 15) is 9.90 Å². The van der Waals surface area contributed by atoms with Gasteiger partial charge in [0.25, 0.3) is 0 Å². The standard InChI is InChI=1S/C16H24O2.C16H22O2.CH3I.3HI.V/c2*1-12-5-3-7-15(9-12)18-16-8-4-6-14(10-16)13(2)11-17;1-2;;;;/h3,5,7,9,13-14,16-17H,4,6,8,10-11H2,1-2H3;3,5,7,9,11,13-14,16H,4,6,8,10H2,1-2H3;1H3;3*1H;/q;;;;;;+3/p-3/t2*13?,14-,16+;;;;;/m00...../s1. The number of benzene rings is 2. The Morgan fingerprint density at radius 2 is 1.26 bits per heavy atom. The molecule has 4 rings (SSSR count). The normalized spacial score (nSPS) is 22.9. The van der Waals surface area contributed by atoms with E-state index in [1.165, 1.54) is 30.4 Å². The molecular formula is C33H49I4O4V. The molecule has 0 amide bonds.